The standard InChI is InChI=1S/C13H18FN3O2/c1-15-12-11(5-9(14)6-16-12)13(19)17(2)7-8-3-10(18)4-8/h5-6,8,10,18H,3-4,7H2,1-2H3,(H,15,16). The predicted octanol–water partition coefficient (Wildman–Crippen LogP) is 1.11. The van der Waals surface area contributed by atoms with Crippen LogP contribution in [0.5, 0.6) is 0 Å². The molecule has 104 valence electrons. The van der Waals surface area contributed by atoms with Crippen LogP contribution < -0.4 is 5.32 Å². The predicted molar refractivity (Wildman–Crippen MR) is 69.4 cm³/mol. The van der Waals surface area contributed by atoms with Gasteiger partial charge in [0.1, 0.15) is 11.6 Å². The molecule has 0 radical (unpaired) electrons. The molecular formula is C13H18FN3O2. The molecule has 0 bridgehead atoms. The summed E-state index contributed by atoms with van der Waals surface area (Å²) in [4.78, 5) is 17.7. The van der Waals surface area contributed by atoms with Crippen molar-refractivity contribution in [2.45, 2.75) is 18.9 Å². The Morgan fingerprint density at radius 2 is 2.32 bits per heavy atom. The highest BCUT2D eigenvalue weighted by Crippen LogP contribution is 2.28. The smallest absolute Gasteiger partial charge is 0.257 e. The molecule has 1 aliphatic carbocycles. The van der Waals surface area contributed by atoms with Crippen LogP contribution in [0.25, 0.3) is 0 Å². The monoisotopic (exact) mass is 267 g/mol. The van der Waals surface area contributed by atoms with Gasteiger partial charge in [0.05, 0.1) is 17.9 Å². The zero-order valence-electron chi connectivity index (χ0n) is 11.1. The van der Waals surface area contributed by atoms with E-state index in [1.54, 1.807) is 19.0 Å². The Kier molecular flexibility index (Phi) is 3.99. The summed E-state index contributed by atoms with van der Waals surface area (Å²) in [6, 6.07) is 1.19. The number of carbonyl (C=O) groups is 1. The van der Waals surface area contributed by atoms with Gasteiger partial charge in [-0.1, -0.05) is 0 Å². The van der Waals surface area contributed by atoms with Crippen molar-refractivity contribution >= 4 is 11.7 Å². The number of carbonyl (C=O) groups excluding carboxylic acids is 1. The van der Waals surface area contributed by atoms with Crippen LogP contribution in [-0.2, 0) is 0 Å². The zero-order chi connectivity index (χ0) is 14.0. The van der Waals surface area contributed by atoms with Crippen molar-refractivity contribution in [1.82, 2.24) is 9.88 Å². The lowest BCUT2D eigenvalue weighted by Gasteiger charge is -2.34. The number of anilines is 1. The number of amides is 1. The first kappa shape index (κ1) is 13.7. The van der Waals surface area contributed by atoms with Gasteiger partial charge in [-0.2, -0.15) is 0 Å². The molecule has 1 amide bonds. The summed E-state index contributed by atoms with van der Waals surface area (Å²) in [5.74, 6) is -0.108. The Bertz CT molecular complexity index is 475. The van der Waals surface area contributed by atoms with Crippen molar-refractivity contribution in [3.8, 4) is 0 Å². The first-order valence-electron chi connectivity index (χ1n) is 6.28. The molecule has 1 fully saturated rings. The second-order valence-electron chi connectivity index (χ2n) is 4.98. The summed E-state index contributed by atoms with van der Waals surface area (Å²) in [6.45, 7) is 0.565. The normalized spacial score (nSPS) is 21.7. The van der Waals surface area contributed by atoms with Gasteiger partial charge in [0.2, 0.25) is 0 Å². The first-order valence-corrected chi connectivity index (χ1v) is 6.28. The summed E-state index contributed by atoms with van der Waals surface area (Å²) in [5, 5.41) is 12.0. The molecule has 2 N–H and O–H groups in total. The number of aliphatic hydroxyl groups excluding tert-OH is 1. The van der Waals surface area contributed by atoms with Crippen LogP contribution in [0.4, 0.5) is 10.2 Å². The van der Waals surface area contributed by atoms with Crippen LogP contribution in [0.1, 0.15) is 23.2 Å². The number of aliphatic hydroxyl groups is 1. The number of hydrogen-bond acceptors (Lipinski definition) is 4. The number of rotatable bonds is 4. The zero-order valence-corrected chi connectivity index (χ0v) is 11.1. The Morgan fingerprint density at radius 1 is 1.63 bits per heavy atom. The third-order valence-electron chi connectivity index (χ3n) is 3.41. The molecule has 1 aliphatic rings. The van der Waals surface area contributed by atoms with Crippen molar-refractivity contribution in [1.29, 1.82) is 0 Å². The topological polar surface area (TPSA) is 65.5 Å². The molecule has 0 aliphatic heterocycles. The number of nitrogens with one attached hydrogen (secondary N) is 1. The SMILES string of the molecule is CNc1ncc(F)cc1C(=O)N(C)CC1CC(O)C1. The van der Waals surface area contributed by atoms with Crippen molar-refractivity contribution in [3.05, 3.63) is 23.6 Å². The van der Waals surface area contributed by atoms with Crippen LogP contribution in [0.15, 0.2) is 12.3 Å². The van der Waals surface area contributed by atoms with Crippen molar-refractivity contribution in [2.75, 3.05) is 26.0 Å². The molecule has 0 spiro atoms. The van der Waals surface area contributed by atoms with E-state index in [1.807, 2.05) is 0 Å². The second kappa shape index (κ2) is 5.52. The fourth-order valence-electron chi connectivity index (χ4n) is 2.33. The first-order chi connectivity index (χ1) is 9.01. The fourth-order valence-corrected chi connectivity index (χ4v) is 2.33. The molecule has 5 nitrogen and oxygen atoms in total. The highest BCUT2D eigenvalue weighted by molar-refractivity contribution is 5.98. The van der Waals surface area contributed by atoms with E-state index in [-0.39, 0.29) is 17.6 Å². The molecule has 0 unspecified atom stereocenters. The average molecular weight is 267 g/mol. The maximum absolute atomic E-state index is 13.2. The van der Waals surface area contributed by atoms with Gasteiger partial charge in [0.25, 0.3) is 5.91 Å². The van der Waals surface area contributed by atoms with Crippen molar-refractivity contribution < 1.29 is 14.3 Å². The molecule has 0 saturated heterocycles. The van der Waals surface area contributed by atoms with E-state index in [9.17, 15) is 14.3 Å². The fraction of sp³-hybridized carbons (Fsp3) is 0.538. The minimum Gasteiger partial charge on any atom is -0.393 e. The minimum atomic E-state index is -0.533. The van der Waals surface area contributed by atoms with Crippen LogP contribution in [0.2, 0.25) is 0 Å². The highest BCUT2D eigenvalue weighted by Gasteiger charge is 2.29. The van der Waals surface area contributed by atoms with E-state index in [2.05, 4.69) is 10.3 Å². The number of halogens is 1. The van der Waals surface area contributed by atoms with E-state index in [4.69, 9.17) is 0 Å². The number of aromatic nitrogens is 1. The van der Waals surface area contributed by atoms with E-state index in [0.29, 0.717) is 18.3 Å². The second-order valence-corrected chi connectivity index (χ2v) is 4.98. The molecule has 1 aromatic heterocycles. The lowest BCUT2D eigenvalue weighted by Crippen LogP contribution is -2.39. The Morgan fingerprint density at radius 3 is 2.89 bits per heavy atom. The van der Waals surface area contributed by atoms with E-state index in [0.717, 1.165) is 19.0 Å². The molecular weight excluding hydrogens is 249 g/mol. The van der Waals surface area contributed by atoms with Crippen LogP contribution in [0.3, 0.4) is 0 Å². The third-order valence-corrected chi connectivity index (χ3v) is 3.41. The Labute approximate surface area is 111 Å². The molecule has 6 heteroatoms. The largest absolute Gasteiger partial charge is 0.393 e. The summed E-state index contributed by atoms with van der Waals surface area (Å²) in [5.41, 5.74) is 0.227. The molecule has 0 aromatic carbocycles. The number of hydrogen-bond donors (Lipinski definition) is 2. The molecule has 0 atom stereocenters. The maximum Gasteiger partial charge on any atom is 0.257 e. The average Bonchev–Trinajstić information content (AvgIpc) is 2.35. The number of nitrogens with zero attached hydrogens (tertiary/aromatic N) is 2. The third kappa shape index (κ3) is 3.01. The summed E-state index contributed by atoms with van der Waals surface area (Å²) >= 11 is 0. The van der Waals surface area contributed by atoms with Gasteiger partial charge in [-0.3, -0.25) is 4.79 Å². The van der Waals surface area contributed by atoms with E-state index in [1.165, 1.54) is 6.07 Å². The lowest BCUT2D eigenvalue weighted by molar-refractivity contribution is 0.0265. The van der Waals surface area contributed by atoms with Crippen LogP contribution >= 0.6 is 0 Å². The van der Waals surface area contributed by atoms with Crippen molar-refractivity contribution in [2.24, 2.45) is 5.92 Å². The lowest BCUT2D eigenvalue weighted by atomic mass is 9.82. The van der Waals surface area contributed by atoms with Gasteiger partial charge in [0, 0.05) is 20.6 Å². The van der Waals surface area contributed by atoms with Gasteiger partial charge in [0.15, 0.2) is 0 Å². The molecule has 19 heavy (non-hydrogen) atoms. The highest BCUT2D eigenvalue weighted by atomic mass is 19.1. The van der Waals surface area contributed by atoms with Crippen LogP contribution in [-0.4, -0.2) is 47.6 Å². The Balaban J connectivity index is 2.07. The Hall–Kier alpha value is -1.69. The number of pyridine rings is 1. The van der Waals surface area contributed by atoms with Gasteiger partial charge >= 0.3 is 0 Å². The van der Waals surface area contributed by atoms with Gasteiger partial charge in [-0.25, -0.2) is 9.37 Å². The van der Waals surface area contributed by atoms with Crippen LogP contribution in [0, 0.1) is 11.7 Å². The summed E-state index contributed by atoms with van der Waals surface area (Å²) in [7, 11) is 3.32. The molecule has 1 saturated carbocycles. The van der Waals surface area contributed by atoms with Gasteiger partial charge in [-0.15, -0.1) is 0 Å². The van der Waals surface area contributed by atoms with Gasteiger partial charge in [-0.05, 0) is 24.8 Å². The summed E-state index contributed by atoms with van der Waals surface area (Å²) in [6.07, 6.45) is 2.28. The quantitative estimate of drug-likeness (QED) is 0.857. The molecule has 1 aromatic rings. The minimum absolute atomic E-state index is 0.227. The maximum atomic E-state index is 13.2. The van der Waals surface area contributed by atoms with E-state index < -0.39 is 5.82 Å². The molecule has 1 heterocycles. The van der Waals surface area contributed by atoms with E-state index >= 15 is 0 Å². The molecule has 2 rings (SSSR count). The van der Waals surface area contributed by atoms with Crippen molar-refractivity contribution in [3.63, 3.8) is 0 Å². The van der Waals surface area contributed by atoms with Gasteiger partial charge < -0.3 is 15.3 Å². The summed E-state index contributed by atoms with van der Waals surface area (Å²) < 4.78 is 13.2.